The van der Waals surface area contributed by atoms with E-state index in [4.69, 9.17) is 0 Å². The van der Waals surface area contributed by atoms with E-state index in [1.165, 1.54) is 16.4 Å². The molecule has 10 heteroatoms. The van der Waals surface area contributed by atoms with Gasteiger partial charge in [0, 0.05) is 25.2 Å². The number of fused-ring (bicyclic) bond motifs is 1. The minimum atomic E-state index is -3.67. The number of carbonyl (C=O) groups is 2. The molecule has 0 bridgehead atoms. The molecule has 4 rings (SSSR count). The van der Waals surface area contributed by atoms with Crippen LogP contribution in [0.4, 0.5) is 5.69 Å². The van der Waals surface area contributed by atoms with Gasteiger partial charge in [-0.1, -0.05) is 18.9 Å². The fourth-order valence-corrected chi connectivity index (χ4v) is 5.57. The summed E-state index contributed by atoms with van der Waals surface area (Å²) in [5.41, 5.74) is 2.78. The van der Waals surface area contributed by atoms with Crippen molar-refractivity contribution >= 4 is 27.5 Å². The van der Waals surface area contributed by atoms with Crippen LogP contribution in [0.5, 0.6) is 0 Å². The van der Waals surface area contributed by atoms with E-state index < -0.39 is 10.0 Å². The maximum atomic E-state index is 12.6. The van der Waals surface area contributed by atoms with E-state index in [1.807, 2.05) is 6.07 Å². The molecule has 0 aliphatic heterocycles. The summed E-state index contributed by atoms with van der Waals surface area (Å²) in [6.45, 7) is 0.0795. The minimum Gasteiger partial charge on any atom is -0.352 e. The van der Waals surface area contributed by atoms with Crippen LogP contribution in [0.2, 0.25) is 0 Å². The van der Waals surface area contributed by atoms with Crippen molar-refractivity contribution in [1.82, 2.24) is 19.8 Å². The summed E-state index contributed by atoms with van der Waals surface area (Å²) in [6, 6.07) is 5.51. The first-order chi connectivity index (χ1) is 15.9. The molecule has 1 aromatic carbocycles. The predicted octanol–water partition coefficient (Wildman–Crippen LogP) is 2.13. The molecule has 3 N–H and O–H groups in total. The van der Waals surface area contributed by atoms with Gasteiger partial charge in [-0.15, -0.1) is 0 Å². The molecule has 1 heterocycles. The van der Waals surface area contributed by atoms with Crippen LogP contribution in [0.1, 0.15) is 56.1 Å². The van der Waals surface area contributed by atoms with Gasteiger partial charge in [-0.2, -0.15) is 5.10 Å². The Hall–Kier alpha value is -2.72. The third-order valence-corrected chi connectivity index (χ3v) is 7.68. The van der Waals surface area contributed by atoms with E-state index in [9.17, 15) is 18.0 Å². The van der Waals surface area contributed by atoms with Gasteiger partial charge in [0.15, 0.2) is 0 Å². The van der Waals surface area contributed by atoms with Crippen molar-refractivity contribution in [2.75, 3.05) is 11.9 Å². The topological polar surface area (TPSA) is 122 Å². The van der Waals surface area contributed by atoms with Crippen LogP contribution >= 0.6 is 0 Å². The fraction of sp³-hybridized carbons (Fsp3) is 0.522. The molecular weight excluding hydrogens is 442 g/mol. The highest BCUT2D eigenvalue weighted by molar-refractivity contribution is 7.89. The standard InChI is InChI=1S/C23H31N5O4S/c29-22(27-20-14-24-28(15-20)16-23(30)26-19-7-3-4-8-19)11-12-25-33(31,32)21-10-9-17-5-1-2-6-18(17)13-21/h9-10,13-15,19,25H,1-8,11-12,16H2,(H,26,30)(H,27,29). The second-order valence-corrected chi connectivity index (χ2v) is 10.6. The van der Waals surface area contributed by atoms with E-state index in [0.29, 0.717) is 5.69 Å². The largest absolute Gasteiger partial charge is 0.352 e. The Kier molecular flexibility index (Phi) is 7.44. The van der Waals surface area contributed by atoms with Gasteiger partial charge >= 0.3 is 0 Å². The molecule has 2 aliphatic carbocycles. The van der Waals surface area contributed by atoms with Gasteiger partial charge in [0.2, 0.25) is 21.8 Å². The zero-order valence-corrected chi connectivity index (χ0v) is 19.5. The number of hydrogen-bond donors (Lipinski definition) is 3. The Morgan fingerprint density at radius 2 is 1.79 bits per heavy atom. The summed E-state index contributed by atoms with van der Waals surface area (Å²) in [4.78, 5) is 24.6. The first kappa shape index (κ1) is 23.4. The average Bonchev–Trinajstić information content (AvgIpc) is 3.45. The van der Waals surface area contributed by atoms with E-state index in [1.54, 1.807) is 18.3 Å². The first-order valence-electron chi connectivity index (χ1n) is 11.6. The number of sulfonamides is 1. The highest BCUT2D eigenvalue weighted by atomic mass is 32.2. The number of carbonyl (C=O) groups excluding carboxylic acids is 2. The van der Waals surface area contributed by atoms with Crippen LogP contribution in [0, 0.1) is 0 Å². The lowest BCUT2D eigenvalue weighted by molar-refractivity contribution is -0.122. The minimum absolute atomic E-state index is 0.0107. The lowest BCUT2D eigenvalue weighted by Crippen LogP contribution is -2.35. The SMILES string of the molecule is O=C(CCNS(=O)(=O)c1ccc2c(c1)CCCC2)Nc1cnn(CC(=O)NC2CCCC2)c1. The van der Waals surface area contributed by atoms with Gasteiger partial charge in [0.1, 0.15) is 6.54 Å². The molecule has 0 atom stereocenters. The predicted molar refractivity (Wildman–Crippen MR) is 124 cm³/mol. The number of nitrogens with one attached hydrogen (secondary N) is 3. The Balaban J connectivity index is 1.22. The molecule has 178 valence electrons. The third kappa shape index (κ3) is 6.42. The molecule has 2 amide bonds. The summed E-state index contributed by atoms with van der Waals surface area (Å²) < 4.78 is 29.2. The van der Waals surface area contributed by atoms with Crippen LogP contribution < -0.4 is 15.4 Å². The average molecular weight is 474 g/mol. The molecule has 0 saturated heterocycles. The molecular formula is C23H31N5O4S. The quantitative estimate of drug-likeness (QED) is 0.515. The number of anilines is 1. The first-order valence-corrected chi connectivity index (χ1v) is 13.1. The van der Waals surface area contributed by atoms with E-state index in [-0.39, 0.29) is 42.3 Å². The van der Waals surface area contributed by atoms with Gasteiger partial charge in [-0.05, 0) is 61.8 Å². The summed E-state index contributed by atoms with van der Waals surface area (Å²) >= 11 is 0. The zero-order valence-electron chi connectivity index (χ0n) is 18.7. The molecule has 1 fully saturated rings. The summed E-state index contributed by atoms with van der Waals surface area (Å²) in [5.74, 6) is -0.433. The van der Waals surface area contributed by atoms with Gasteiger partial charge in [-0.3, -0.25) is 14.3 Å². The number of aromatic nitrogens is 2. The van der Waals surface area contributed by atoms with Crippen LogP contribution in [0.15, 0.2) is 35.5 Å². The van der Waals surface area contributed by atoms with Crippen molar-refractivity contribution in [2.45, 2.75) is 75.3 Å². The Morgan fingerprint density at radius 3 is 2.58 bits per heavy atom. The van der Waals surface area contributed by atoms with Crippen LogP contribution in [0.25, 0.3) is 0 Å². The van der Waals surface area contributed by atoms with Crippen LogP contribution in [-0.2, 0) is 39.0 Å². The summed E-state index contributed by atoms with van der Waals surface area (Å²) in [6.07, 6.45) is 11.5. The van der Waals surface area contributed by atoms with Crippen molar-refractivity contribution in [2.24, 2.45) is 0 Å². The van der Waals surface area contributed by atoms with Gasteiger partial charge in [-0.25, -0.2) is 13.1 Å². The monoisotopic (exact) mass is 473 g/mol. The number of rotatable bonds is 9. The van der Waals surface area contributed by atoms with E-state index >= 15 is 0 Å². The zero-order chi connectivity index (χ0) is 23.3. The highest BCUT2D eigenvalue weighted by Crippen LogP contribution is 2.24. The van der Waals surface area contributed by atoms with Crippen LogP contribution in [-0.4, -0.2) is 42.6 Å². The molecule has 2 aliphatic rings. The number of nitrogens with zero attached hydrogens (tertiary/aromatic N) is 2. The van der Waals surface area contributed by atoms with Crippen molar-refractivity contribution in [3.8, 4) is 0 Å². The fourth-order valence-electron chi connectivity index (χ4n) is 4.49. The molecule has 9 nitrogen and oxygen atoms in total. The molecule has 33 heavy (non-hydrogen) atoms. The molecule has 0 unspecified atom stereocenters. The number of hydrogen-bond acceptors (Lipinski definition) is 5. The normalized spacial score (nSPS) is 16.4. The van der Waals surface area contributed by atoms with Gasteiger partial charge in [0.25, 0.3) is 0 Å². The second-order valence-electron chi connectivity index (χ2n) is 8.81. The smallest absolute Gasteiger partial charge is 0.241 e. The highest BCUT2D eigenvalue weighted by Gasteiger charge is 2.19. The maximum Gasteiger partial charge on any atom is 0.241 e. The Morgan fingerprint density at radius 1 is 1.03 bits per heavy atom. The second kappa shape index (κ2) is 10.5. The van der Waals surface area contributed by atoms with E-state index in [0.717, 1.165) is 56.9 Å². The summed E-state index contributed by atoms with van der Waals surface area (Å²) in [5, 5.41) is 9.79. The lowest BCUT2D eigenvalue weighted by Gasteiger charge is -2.16. The molecule has 1 aromatic heterocycles. The number of aryl methyl sites for hydroxylation is 2. The van der Waals surface area contributed by atoms with Crippen molar-refractivity contribution in [3.05, 3.63) is 41.7 Å². The number of benzene rings is 1. The lowest BCUT2D eigenvalue weighted by atomic mass is 9.92. The van der Waals surface area contributed by atoms with E-state index in [2.05, 4.69) is 20.5 Å². The summed E-state index contributed by atoms with van der Waals surface area (Å²) in [7, 11) is -3.67. The van der Waals surface area contributed by atoms with Crippen molar-refractivity contribution < 1.29 is 18.0 Å². The van der Waals surface area contributed by atoms with Gasteiger partial charge in [0.05, 0.1) is 16.8 Å². The molecule has 2 aromatic rings. The van der Waals surface area contributed by atoms with Crippen molar-refractivity contribution in [1.29, 1.82) is 0 Å². The Labute approximate surface area is 194 Å². The maximum absolute atomic E-state index is 12.6. The number of amides is 2. The Bertz CT molecular complexity index is 1110. The van der Waals surface area contributed by atoms with Crippen LogP contribution in [0.3, 0.4) is 0 Å². The molecule has 0 radical (unpaired) electrons. The molecule has 1 saturated carbocycles. The third-order valence-electron chi connectivity index (χ3n) is 6.22. The van der Waals surface area contributed by atoms with Crippen molar-refractivity contribution in [3.63, 3.8) is 0 Å². The molecule has 0 spiro atoms. The van der Waals surface area contributed by atoms with Gasteiger partial charge < -0.3 is 10.6 Å².